The van der Waals surface area contributed by atoms with E-state index < -0.39 is 0 Å². The number of rotatable bonds is 5. The van der Waals surface area contributed by atoms with Gasteiger partial charge in [0, 0.05) is 25.4 Å². The van der Waals surface area contributed by atoms with Crippen LogP contribution in [0, 0.1) is 0 Å². The van der Waals surface area contributed by atoms with Gasteiger partial charge in [0.15, 0.2) is 0 Å². The van der Waals surface area contributed by atoms with Gasteiger partial charge in [-0.15, -0.1) is 0 Å². The number of pyridine rings is 1. The van der Waals surface area contributed by atoms with Gasteiger partial charge >= 0.3 is 0 Å². The first-order valence-corrected chi connectivity index (χ1v) is 8.44. The van der Waals surface area contributed by atoms with E-state index in [0.29, 0.717) is 18.9 Å². The number of hydrogen-bond donors (Lipinski definition) is 1. The lowest BCUT2D eigenvalue weighted by Gasteiger charge is -2.32. The molecule has 0 bridgehead atoms. The van der Waals surface area contributed by atoms with Crippen LogP contribution >= 0.6 is 0 Å². The van der Waals surface area contributed by atoms with Crippen molar-refractivity contribution >= 4 is 5.78 Å². The molecule has 0 amide bonds. The average Bonchev–Trinajstić information content (AvgIpc) is 3.10. The Morgan fingerprint density at radius 2 is 2.24 bits per heavy atom. The van der Waals surface area contributed by atoms with Gasteiger partial charge in [0.05, 0.1) is 24.1 Å². The molecule has 0 aromatic carbocycles. The summed E-state index contributed by atoms with van der Waals surface area (Å²) in [6.45, 7) is 2.96. The molecule has 0 aliphatic carbocycles. The van der Waals surface area contributed by atoms with Gasteiger partial charge in [-0.05, 0) is 31.5 Å². The van der Waals surface area contributed by atoms with Crippen LogP contribution in [0.15, 0.2) is 41.6 Å². The topological polar surface area (TPSA) is 88.4 Å². The van der Waals surface area contributed by atoms with Crippen molar-refractivity contribution in [1.82, 2.24) is 29.5 Å². The van der Waals surface area contributed by atoms with Gasteiger partial charge in [-0.2, -0.15) is 4.52 Å². The summed E-state index contributed by atoms with van der Waals surface area (Å²) in [5, 5.41) is 2.75. The number of ether oxygens (including phenoxy) is 1. The molecule has 130 valence electrons. The second-order valence-corrected chi connectivity index (χ2v) is 6.24. The highest BCUT2D eigenvalue weighted by Crippen LogP contribution is 2.16. The first-order chi connectivity index (χ1) is 12.3. The van der Waals surface area contributed by atoms with Crippen LogP contribution in [0.25, 0.3) is 5.78 Å². The zero-order valence-corrected chi connectivity index (χ0v) is 13.8. The zero-order chi connectivity index (χ0) is 17.1. The first kappa shape index (κ1) is 15.9. The van der Waals surface area contributed by atoms with E-state index in [0.717, 1.165) is 37.3 Å². The predicted octanol–water partition coefficient (Wildman–Crippen LogP) is 0.994. The molecular weight excluding hydrogens is 320 g/mol. The van der Waals surface area contributed by atoms with Crippen molar-refractivity contribution < 1.29 is 4.74 Å². The molecule has 1 unspecified atom stereocenters. The van der Waals surface area contributed by atoms with Gasteiger partial charge in [-0.3, -0.25) is 19.8 Å². The molecule has 4 heterocycles. The highest BCUT2D eigenvalue weighted by molar-refractivity contribution is 5.26. The summed E-state index contributed by atoms with van der Waals surface area (Å²) < 4.78 is 7.34. The van der Waals surface area contributed by atoms with E-state index in [1.165, 1.54) is 10.8 Å². The Balaban J connectivity index is 1.38. The highest BCUT2D eigenvalue weighted by atomic mass is 16.5. The number of piperidine rings is 1. The monoisotopic (exact) mass is 340 g/mol. The van der Waals surface area contributed by atoms with E-state index in [1.807, 2.05) is 18.2 Å². The van der Waals surface area contributed by atoms with Crippen LogP contribution in [-0.4, -0.2) is 48.7 Å². The second-order valence-electron chi connectivity index (χ2n) is 6.24. The number of fused-ring (bicyclic) bond motifs is 1. The summed E-state index contributed by atoms with van der Waals surface area (Å²) >= 11 is 0. The second kappa shape index (κ2) is 7.12. The normalized spacial score (nSPS) is 18.6. The maximum Gasteiger partial charge on any atom is 0.274 e. The smallest absolute Gasteiger partial charge is 0.274 e. The number of aromatic nitrogens is 5. The Morgan fingerprint density at radius 1 is 1.28 bits per heavy atom. The molecule has 0 radical (unpaired) electrons. The summed E-state index contributed by atoms with van der Waals surface area (Å²) in [5.74, 6) is 0.405. The molecule has 0 spiro atoms. The minimum absolute atomic E-state index is 0.141. The van der Waals surface area contributed by atoms with Crippen molar-refractivity contribution in [2.75, 3.05) is 13.1 Å². The molecule has 1 fully saturated rings. The molecule has 1 saturated heterocycles. The summed E-state index contributed by atoms with van der Waals surface area (Å²) in [6, 6.07) is 7.40. The van der Waals surface area contributed by atoms with E-state index in [2.05, 4.69) is 25.0 Å². The minimum Gasteiger partial charge on any atom is -0.371 e. The fraction of sp³-hybridized carbons (Fsp3) is 0.412. The zero-order valence-electron chi connectivity index (χ0n) is 13.8. The van der Waals surface area contributed by atoms with Crippen LogP contribution in [0.1, 0.15) is 24.2 Å². The Hall–Kier alpha value is -2.58. The third kappa shape index (κ3) is 3.75. The van der Waals surface area contributed by atoms with Gasteiger partial charge in [-0.25, -0.2) is 9.97 Å². The summed E-state index contributed by atoms with van der Waals surface area (Å²) in [6.07, 6.45) is 5.52. The third-order valence-electron chi connectivity index (χ3n) is 4.36. The summed E-state index contributed by atoms with van der Waals surface area (Å²) in [5.41, 5.74) is 1.54. The molecule has 8 nitrogen and oxygen atoms in total. The predicted molar refractivity (Wildman–Crippen MR) is 90.9 cm³/mol. The largest absolute Gasteiger partial charge is 0.371 e. The lowest BCUT2D eigenvalue weighted by atomic mass is 10.1. The van der Waals surface area contributed by atoms with Gasteiger partial charge in [0.25, 0.3) is 11.3 Å². The van der Waals surface area contributed by atoms with E-state index in [4.69, 9.17) is 4.74 Å². The quantitative estimate of drug-likeness (QED) is 0.745. The number of nitrogens with one attached hydrogen (secondary N) is 1. The van der Waals surface area contributed by atoms with Crippen LogP contribution in [0.2, 0.25) is 0 Å². The van der Waals surface area contributed by atoms with Crippen molar-refractivity contribution in [3.8, 4) is 0 Å². The average molecular weight is 340 g/mol. The van der Waals surface area contributed by atoms with Crippen LogP contribution < -0.4 is 5.56 Å². The lowest BCUT2D eigenvalue weighted by Crippen LogP contribution is -2.39. The number of nitrogens with zero attached hydrogens (tertiary/aromatic N) is 5. The van der Waals surface area contributed by atoms with E-state index in [1.54, 1.807) is 12.3 Å². The molecule has 8 heteroatoms. The van der Waals surface area contributed by atoms with Crippen molar-refractivity contribution in [2.24, 2.45) is 0 Å². The molecular formula is C17H20N6O2. The number of hydrogen-bond acceptors (Lipinski definition) is 6. The van der Waals surface area contributed by atoms with Gasteiger partial charge in [0.1, 0.15) is 6.33 Å². The first-order valence-electron chi connectivity index (χ1n) is 8.44. The van der Waals surface area contributed by atoms with Crippen LogP contribution in [0.3, 0.4) is 0 Å². The maximum atomic E-state index is 12.0. The molecule has 1 aliphatic rings. The Bertz CT molecular complexity index is 891. The number of H-pyrrole nitrogens is 1. The highest BCUT2D eigenvalue weighted by Gasteiger charge is 2.21. The standard InChI is InChI=1S/C17H20N6O2/c24-16-8-14(21-17-19-12-20-23(16)17)9-22-7-3-5-15(10-22)25-11-13-4-1-2-6-18-13/h1-2,4,6,8,12,15H,3,5,7,9-11H2,(H,19,20,21). The molecule has 3 aromatic heterocycles. The van der Waals surface area contributed by atoms with Crippen LogP contribution in [-0.2, 0) is 17.9 Å². The van der Waals surface area contributed by atoms with E-state index >= 15 is 0 Å². The number of aromatic amines is 1. The van der Waals surface area contributed by atoms with Gasteiger partial charge in [0.2, 0.25) is 0 Å². The molecule has 4 rings (SSSR count). The van der Waals surface area contributed by atoms with Crippen molar-refractivity contribution in [1.29, 1.82) is 0 Å². The Kier molecular flexibility index (Phi) is 4.53. The third-order valence-corrected chi connectivity index (χ3v) is 4.36. The molecule has 0 saturated carbocycles. The lowest BCUT2D eigenvalue weighted by molar-refractivity contribution is -0.0135. The van der Waals surface area contributed by atoms with E-state index in [9.17, 15) is 4.79 Å². The van der Waals surface area contributed by atoms with E-state index in [-0.39, 0.29) is 11.7 Å². The minimum atomic E-state index is -0.141. The summed E-state index contributed by atoms with van der Waals surface area (Å²) in [7, 11) is 0. The fourth-order valence-electron chi connectivity index (χ4n) is 3.16. The molecule has 1 N–H and O–H groups in total. The van der Waals surface area contributed by atoms with Crippen molar-refractivity contribution in [3.05, 3.63) is 58.5 Å². The van der Waals surface area contributed by atoms with Crippen LogP contribution in [0.4, 0.5) is 0 Å². The SMILES string of the molecule is O=c1cc(CN2CCCC(OCc3ccccn3)C2)nc2nc[nH]n12. The van der Waals surface area contributed by atoms with Crippen LogP contribution in [0.5, 0.6) is 0 Å². The molecule has 1 aliphatic heterocycles. The van der Waals surface area contributed by atoms with Crippen molar-refractivity contribution in [3.63, 3.8) is 0 Å². The molecule has 1 atom stereocenters. The Labute approximate surface area is 144 Å². The maximum absolute atomic E-state index is 12.0. The van der Waals surface area contributed by atoms with Gasteiger partial charge in [-0.1, -0.05) is 6.07 Å². The molecule has 3 aromatic rings. The fourth-order valence-corrected chi connectivity index (χ4v) is 3.16. The number of likely N-dealkylation sites (tertiary alicyclic amines) is 1. The summed E-state index contributed by atoms with van der Waals surface area (Å²) in [4.78, 5) is 27.1. The Morgan fingerprint density at radius 3 is 3.12 bits per heavy atom. The van der Waals surface area contributed by atoms with Gasteiger partial charge < -0.3 is 4.74 Å². The molecule has 25 heavy (non-hydrogen) atoms. The van der Waals surface area contributed by atoms with Crippen molar-refractivity contribution in [2.45, 2.75) is 32.1 Å².